The number of amides is 1. The standard InChI is InChI=1S/C8H16ClNO2/c1-6(9)7(11)10(4)5-8(2,3)12/h6,12H,5H2,1-4H3. The van der Waals surface area contributed by atoms with Crippen LogP contribution in [-0.2, 0) is 4.79 Å². The summed E-state index contributed by atoms with van der Waals surface area (Å²) in [6.07, 6.45) is 0. The van der Waals surface area contributed by atoms with Crippen molar-refractivity contribution < 1.29 is 9.90 Å². The van der Waals surface area contributed by atoms with Gasteiger partial charge in [-0.25, -0.2) is 0 Å². The smallest absolute Gasteiger partial charge is 0.240 e. The molecule has 0 aromatic rings. The van der Waals surface area contributed by atoms with Gasteiger partial charge < -0.3 is 10.0 Å². The monoisotopic (exact) mass is 193 g/mol. The molecule has 0 rings (SSSR count). The Morgan fingerprint density at radius 1 is 1.67 bits per heavy atom. The van der Waals surface area contributed by atoms with Gasteiger partial charge in [0.05, 0.1) is 5.60 Å². The number of carbonyl (C=O) groups excluding carboxylic acids is 1. The highest BCUT2D eigenvalue weighted by molar-refractivity contribution is 6.30. The third-order valence-electron chi connectivity index (χ3n) is 1.34. The Morgan fingerprint density at radius 3 is 2.33 bits per heavy atom. The van der Waals surface area contributed by atoms with Gasteiger partial charge in [0.2, 0.25) is 5.91 Å². The van der Waals surface area contributed by atoms with E-state index in [1.807, 2.05) is 0 Å². The maximum atomic E-state index is 11.2. The molecule has 0 fully saturated rings. The zero-order chi connectivity index (χ0) is 9.94. The van der Waals surface area contributed by atoms with Crippen molar-refractivity contribution in [2.75, 3.05) is 13.6 Å². The minimum atomic E-state index is -0.865. The summed E-state index contributed by atoms with van der Waals surface area (Å²) in [5.41, 5.74) is -0.865. The number of aliphatic hydroxyl groups is 1. The Morgan fingerprint density at radius 2 is 2.08 bits per heavy atom. The minimum absolute atomic E-state index is 0.168. The average Bonchev–Trinajstić information content (AvgIpc) is 1.82. The third-order valence-corrected chi connectivity index (χ3v) is 1.53. The van der Waals surface area contributed by atoms with Gasteiger partial charge in [-0.2, -0.15) is 0 Å². The Labute approximate surface area is 78.3 Å². The molecule has 1 amide bonds. The molecule has 0 aliphatic rings. The van der Waals surface area contributed by atoms with E-state index >= 15 is 0 Å². The first-order valence-electron chi connectivity index (χ1n) is 3.85. The van der Waals surface area contributed by atoms with Gasteiger partial charge in [-0.3, -0.25) is 4.79 Å². The van der Waals surface area contributed by atoms with E-state index in [2.05, 4.69) is 0 Å². The van der Waals surface area contributed by atoms with E-state index in [4.69, 9.17) is 11.6 Å². The first-order valence-corrected chi connectivity index (χ1v) is 4.29. The molecule has 0 heterocycles. The molecule has 0 bridgehead atoms. The molecule has 72 valence electrons. The van der Waals surface area contributed by atoms with Crippen LogP contribution in [-0.4, -0.2) is 40.5 Å². The molecule has 0 radical (unpaired) electrons. The van der Waals surface area contributed by atoms with Crippen LogP contribution >= 0.6 is 11.6 Å². The summed E-state index contributed by atoms with van der Waals surface area (Å²) in [7, 11) is 1.62. The highest BCUT2D eigenvalue weighted by atomic mass is 35.5. The van der Waals surface area contributed by atoms with E-state index in [9.17, 15) is 9.90 Å². The fourth-order valence-corrected chi connectivity index (χ4v) is 1.13. The summed E-state index contributed by atoms with van der Waals surface area (Å²) in [6, 6.07) is 0. The van der Waals surface area contributed by atoms with Gasteiger partial charge in [-0.05, 0) is 20.8 Å². The SMILES string of the molecule is CC(Cl)C(=O)N(C)CC(C)(C)O. The van der Waals surface area contributed by atoms with E-state index in [1.165, 1.54) is 4.90 Å². The van der Waals surface area contributed by atoms with Crippen LogP contribution in [0.1, 0.15) is 20.8 Å². The highest BCUT2D eigenvalue weighted by Crippen LogP contribution is 2.06. The topological polar surface area (TPSA) is 40.5 Å². The molecule has 1 N–H and O–H groups in total. The molecule has 1 unspecified atom stereocenters. The van der Waals surface area contributed by atoms with Gasteiger partial charge in [-0.15, -0.1) is 11.6 Å². The summed E-state index contributed by atoms with van der Waals surface area (Å²) in [5, 5.41) is 8.85. The number of hydrogen-bond donors (Lipinski definition) is 1. The van der Waals surface area contributed by atoms with Crippen molar-refractivity contribution in [2.45, 2.75) is 31.7 Å². The molecular weight excluding hydrogens is 178 g/mol. The predicted molar refractivity (Wildman–Crippen MR) is 49.2 cm³/mol. The summed E-state index contributed by atoms with van der Waals surface area (Å²) in [6.45, 7) is 5.21. The van der Waals surface area contributed by atoms with E-state index in [0.29, 0.717) is 6.54 Å². The second-order valence-electron chi connectivity index (χ2n) is 3.62. The van der Waals surface area contributed by atoms with Gasteiger partial charge in [0.1, 0.15) is 5.38 Å². The number of carbonyl (C=O) groups is 1. The number of alkyl halides is 1. The number of likely N-dealkylation sites (N-methyl/N-ethyl adjacent to an activating group) is 1. The lowest BCUT2D eigenvalue weighted by molar-refractivity contribution is -0.131. The number of nitrogens with zero attached hydrogens (tertiary/aromatic N) is 1. The van der Waals surface area contributed by atoms with Crippen molar-refractivity contribution in [3.8, 4) is 0 Å². The van der Waals surface area contributed by atoms with Crippen LogP contribution in [0.2, 0.25) is 0 Å². The van der Waals surface area contributed by atoms with E-state index in [-0.39, 0.29) is 5.91 Å². The summed E-state index contributed by atoms with van der Waals surface area (Å²) in [5.74, 6) is -0.168. The largest absolute Gasteiger partial charge is 0.389 e. The Balaban J connectivity index is 4.05. The van der Waals surface area contributed by atoms with Crippen LogP contribution in [0.5, 0.6) is 0 Å². The number of halogens is 1. The normalized spacial score (nSPS) is 14.2. The Hall–Kier alpha value is -0.280. The number of rotatable bonds is 3. The van der Waals surface area contributed by atoms with Crippen LogP contribution in [0.4, 0.5) is 0 Å². The van der Waals surface area contributed by atoms with E-state index in [0.717, 1.165) is 0 Å². The fraction of sp³-hybridized carbons (Fsp3) is 0.875. The van der Waals surface area contributed by atoms with E-state index in [1.54, 1.807) is 27.8 Å². The van der Waals surface area contributed by atoms with Crippen LogP contribution in [0, 0.1) is 0 Å². The van der Waals surface area contributed by atoms with Gasteiger partial charge >= 0.3 is 0 Å². The van der Waals surface area contributed by atoms with Crippen LogP contribution in [0.15, 0.2) is 0 Å². The summed E-state index contributed by atoms with van der Waals surface area (Å²) >= 11 is 5.58. The molecule has 3 nitrogen and oxygen atoms in total. The maximum absolute atomic E-state index is 11.2. The molecule has 0 aromatic heterocycles. The van der Waals surface area contributed by atoms with Crippen LogP contribution in [0.25, 0.3) is 0 Å². The lowest BCUT2D eigenvalue weighted by Crippen LogP contribution is -2.42. The minimum Gasteiger partial charge on any atom is -0.389 e. The molecule has 1 atom stereocenters. The van der Waals surface area contributed by atoms with Crippen molar-refractivity contribution in [3.63, 3.8) is 0 Å². The third kappa shape index (κ3) is 4.57. The molecule has 12 heavy (non-hydrogen) atoms. The lowest BCUT2D eigenvalue weighted by Gasteiger charge is -2.26. The van der Waals surface area contributed by atoms with Gasteiger partial charge in [-0.1, -0.05) is 0 Å². The van der Waals surface area contributed by atoms with Gasteiger partial charge in [0.25, 0.3) is 0 Å². The zero-order valence-corrected chi connectivity index (χ0v) is 8.72. The molecule has 0 spiro atoms. The Bertz CT molecular complexity index is 163. The van der Waals surface area contributed by atoms with Crippen LogP contribution < -0.4 is 0 Å². The second-order valence-corrected chi connectivity index (χ2v) is 4.28. The van der Waals surface area contributed by atoms with Crippen molar-refractivity contribution in [2.24, 2.45) is 0 Å². The molecule has 4 heteroatoms. The van der Waals surface area contributed by atoms with Crippen molar-refractivity contribution in [1.29, 1.82) is 0 Å². The van der Waals surface area contributed by atoms with Crippen molar-refractivity contribution >= 4 is 17.5 Å². The van der Waals surface area contributed by atoms with Crippen molar-refractivity contribution in [3.05, 3.63) is 0 Å². The maximum Gasteiger partial charge on any atom is 0.240 e. The van der Waals surface area contributed by atoms with Crippen molar-refractivity contribution in [1.82, 2.24) is 4.90 Å². The second kappa shape index (κ2) is 4.10. The van der Waals surface area contributed by atoms with E-state index < -0.39 is 11.0 Å². The summed E-state index contributed by atoms with van der Waals surface area (Å²) < 4.78 is 0. The molecule has 0 saturated heterocycles. The average molecular weight is 194 g/mol. The summed E-state index contributed by atoms with van der Waals surface area (Å²) in [4.78, 5) is 12.6. The highest BCUT2D eigenvalue weighted by Gasteiger charge is 2.21. The molecule has 0 aliphatic carbocycles. The Kier molecular flexibility index (Phi) is 4.00. The quantitative estimate of drug-likeness (QED) is 0.675. The first kappa shape index (κ1) is 11.7. The molecule has 0 aromatic carbocycles. The predicted octanol–water partition coefficient (Wildman–Crippen LogP) is 0.843. The first-order chi connectivity index (χ1) is 5.24. The van der Waals surface area contributed by atoms with Crippen LogP contribution in [0.3, 0.4) is 0 Å². The molecular formula is C8H16ClNO2. The lowest BCUT2D eigenvalue weighted by atomic mass is 10.1. The van der Waals surface area contributed by atoms with Gasteiger partial charge in [0, 0.05) is 13.6 Å². The zero-order valence-electron chi connectivity index (χ0n) is 7.97. The molecule has 0 saturated carbocycles. The number of hydrogen-bond acceptors (Lipinski definition) is 2. The molecule has 0 aliphatic heterocycles. The fourth-order valence-electron chi connectivity index (χ4n) is 0.962. The van der Waals surface area contributed by atoms with Gasteiger partial charge in [0.15, 0.2) is 0 Å².